The molecule has 2 amide bonds. The lowest BCUT2D eigenvalue weighted by atomic mass is 10.1. The van der Waals surface area contributed by atoms with Crippen LogP contribution in [0.3, 0.4) is 0 Å². The van der Waals surface area contributed by atoms with Gasteiger partial charge in [-0.3, -0.25) is 9.59 Å². The number of ether oxygens (including phenoxy) is 1. The Morgan fingerprint density at radius 3 is 3.06 bits per heavy atom. The van der Waals surface area contributed by atoms with Gasteiger partial charge >= 0.3 is 0 Å². The molecule has 1 atom stereocenters. The van der Waals surface area contributed by atoms with Crippen molar-refractivity contribution in [3.8, 4) is 5.88 Å². The first kappa shape index (κ1) is 12.3. The Bertz CT molecular complexity index is 475. The first-order valence-electron chi connectivity index (χ1n) is 5.66. The van der Waals surface area contributed by atoms with E-state index < -0.39 is 5.91 Å². The smallest absolute Gasteiger partial charge is 0.223 e. The Kier molecular flexibility index (Phi) is 3.45. The molecule has 1 aliphatic heterocycles. The normalized spacial score (nSPS) is 19.1. The van der Waals surface area contributed by atoms with E-state index in [0.29, 0.717) is 19.0 Å². The van der Waals surface area contributed by atoms with Gasteiger partial charge in [0.2, 0.25) is 17.7 Å². The van der Waals surface area contributed by atoms with Crippen molar-refractivity contribution in [3.63, 3.8) is 0 Å². The summed E-state index contributed by atoms with van der Waals surface area (Å²) in [4.78, 5) is 28.5. The molecule has 0 spiro atoms. The molecule has 2 N–H and O–H groups in total. The van der Waals surface area contributed by atoms with Crippen LogP contribution in [0.5, 0.6) is 5.88 Å². The van der Waals surface area contributed by atoms with Crippen molar-refractivity contribution in [2.24, 2.45) is 11.7 Å². The summed E-state index contributed by atoms with van der Waals surface area (Å²) in [6.07, 6.45) is 1.82. The van der Waals surface area contributed by atoms with Gasteiger partial charge in [-0.1, -0.05) is 6.07 Å². The Balaban J connectivity index is 2.10. The first-order valence-corrected chi connectivity index (χ1v) is 5.66. The van der Waals surface area contributed by atoms with Gasteiger partial charge in [0, 0.05) is 24.7 Å². The van der Waals surface area contributed by atoms with E-state index >= 15 is 0 Å². The lowest BCUT2D eigenvalue weighted by molar-refractivity contribution is -0.128. The molecule has 1 fully saturated rings. The number of nitrogens with zero attached hydrogens (tertiary/aromatic N) is 2. The third kappa shape index (κ3) is 2.42. The quantitative estimate of drug-likeness (QED) is 0.809. The third-order valence-corrected chi connectivity index (χ3v) is 3.02. The van der Waals surface area contributed by atoms with E-state index in [1.165, 1.54) is 7.11 Å². The number of carbonyl (C=O) groups excluding carboxylic acids is 2. The van der Waals surface area contributed by atoms with Crippen LogP contribution in [0.4, 0.5) is 0 Å². The largest absolute Gasteiger partial charge is 0.481 e. The maximum absolute atomic E-state index is 11.8. The van der Waals surface area contributed by atoms with E-state index in [9.17, 15) is 9.59 Å². The molecule has 1 aromatic rings. The number of amides is 2. The van der Waals surface area contributed by atoms with E-state index in [4.69, 9.17) is 10.5 Å². The minimum absolute atomic E-state index is 0.0651. The molecule has 1 saturated heterocycles. The zero-order valence-electron chi connectivity index (χ0n) is 10.1. The molecule has 1 aromatic heterocycles. The van der Waals surface area contributed by atoms with Gasteiger partial charge < -0.3 is 15.4 Å². The number of primary amides is 1. The van der Waals surface area contributed by atoms with E-state index in [-0.39, 0.29) is 18.2 Å². The Labute approximate surface area is 105 Å². The molecule has 2 heterocycles. The number of rotatable bonds is 4. The second kappa shape index (κ2) is 5.03. The second-order valence-corrected chi connectivity index (χ2v) is 4.25. The molecule has 6 heteroatoms. The average molecular weight is 249 g/mol. The van der Waals surface area contributed by atoms with Gasteiger partial charge in [0.05, 0.1) is 19.6 Å². The van der Waals surface area contributed by atoms with Crippen LogP contribution in [0.1, 0.15) is 12.0 Å². The fourth-order valence-electron chi connectivity index (χ4n) is 2.05. The van der Waals surface area contributed by atoms with Crippen LogP contribution in [-0.4, -0.2) is 35.4 Å². The van der Waals surface area contributed by atoms with Gasteiger partial charge in [0.1, 0.15) is 0 Å². The molecule has 0 bridgehead atoms. The van der Waals surface area contributed by atoms with Crippen LogP contribution >= 0.6 is 0 Å². The number of carbonyl (C=O) groups is 2. The predicted octanol–water partition coefficient (Wildman–Crippen LogP) is -0.0760. The third-order valence-electron chi connectivity index (χ3n) is 3.02. The Morgan fingerprint density at radius 1 is 1.67 bits per heavy atom. The number of nitrogens with two attached hydrogens (primary N) is 1. The van der Waals surface area contributed by atoms with Crippen LogP contribution in [0.25, 0.3) is 0 Å². The molecule has 1 unspecified atom stereocenters. The van der Waals surface area contributed by atoms with E-state index in [1.807, 2.05) is 6.07 Å². The topological polar surface area (TPSA) is 85.5 Å². The van der Waals surface area contributed by atoms with E-state index in [0.717, 1.165) is 5.56 Å². The zero-order chi connectivity index (χ0) is 13.1. The van der Waals surface area contributed by atoms with Crippen LogP contribution in [0.15, 0.2) is 18.3 Å². The number of pyridine rings is 1. The molecule has 0 saturated carbocycles. The van der Waals surface area contributed by atoms with Crippen molar-refractivity contribution in [2.45, 2.75) is 13.0 Å². The summed E-state index contributed by atoms with van der Waals surface area (Å²) >= 11 is 0. The fourth-order valence-corrected chi connectivity index (χ4v) is 2.05. The van der Waals surface area contributed by atoms with Crippen molar-refractivity contribution >= 4 is 11.8 Å². The fraction of sp³-hybridized carbons (Fsp3) is 0.417. The maximum Gasteiger partial charge on any atom is 0.223 e. The summed E-state index contributed by atoms with van der Waals surface area (Å²) in [6.45, 7) is 0.756. The summed E-state index contributed by atoms with van der Waals surface area (Å²) < 4.78 is 5.12. The Morgan fingerprint density at radius 2 is 2.44 bits per heavy atom. The molecule has 6 nitrogen and oxygen atoms in total. The molecule has 18 heavy (non-hydrogen) atoms. The lowest BCUT2D eigenvalue weighted by Gasteiger charge is -2.17. The number of methoxy groups -OCH3 is 1. The highest BCUT2D eigenvalue weighted by molar-refractivity contribution is 5.88. The Hall–Kier alpha value is -2.11. The highest BCUT2D eigenvalue weighted by Crippen LogP contribution is 2.22. The van der Waals surface area contributed by atoms with Crippen LogP contribution in [0, 0.1) is 5.92 Å². The van der Waals surface area contributed by atoms with Gasteiger partial charge in [-0.2, -0.15) is 0 Å². The number of hydrogen-bond acceptors (Lipinski definition) is 4. The second-order valence-electron chi connectivity index (χ2n) is 4.25. The average Bonchev–Trinajstić information content (AvgIpc) is 2.72. The number of likely N-dealkylation sites (tertiary alicyclic amines) is 1. The minimum atomic E-state index is -0.427. The van der Waals surface area contributed by atoms with E-state index in [1.54, 1.807) is 17.2 Å². The zero-order valence-corrected chi connectivity index (χ0v) is 10.1. The summed E-state index contributed by atoms with van der Waals surface area (Å²) in [6, 6.07) is 3.63. The van der Waals surface area contributed by atoms with Gasteiger partial charge in [-0.05, 0) is 6.07 Å². The molecule has 2 rings (SSSR count). The molecule has 0 aromatic carbocycles. The molecular formula is C12H15N3O3. The molecule has 1 aliphatic rings. The predicted molar refractivity (Wildman–Crippen MR) is 63.5 cm³/mol. The number of aromatic nitrogens is 1. The van der Waals surface area contributed by atoms with Crippen molar-refractivity contribution < 1.29 is 14.3 Å². The highest BCUT2D eigenvalue weighted by Gasteiger charge is 2.33. The molecule has 96 valence electrons. The van der Waals surface area contributed by atoms with Crippen molar-refractivity contribution in [1.82, 2.24) is 9.88 Å². The molecule has 0 radical (unpaired) electrons. The van der Waals surface area contributed by atoms with Crippen molar-refractivity contribution in [1.29, 1.82) is 0 Å². The minimum Gasteiger partial charge on any atom is -0.481 e. The molecule has 0 aliphatic carbocycles. The van der Waals surface area contributed by atoms with Crippen molar-refractivity contribution in [2.75, 3.05) is 13.7 Å². The van der Waals surface area contributed by atoms with Crippen LogP contribution in [0.2, 0.25) is 0 Å². The summed E-state index contributed by atoms with van der Waals surface area (Å²) in [5.41, 5.74) is 6.03. The first-order chi connectivity index (χ1) is 8.61. The van der Waals surface area contributed by atoms with Gasteiger partial charge in [-0.15, -0.1) is 0 Å². The SMILES string of the molecule is COc1ncccc1CN1CC(C(N)=O)CC1=O. The summed E-state index contributed by atoms with van der Waals surface area (Å²) in [7, 11) is 1.53. The summed E-state index contributed by atoms with van der Waals surface area (Å²) in [5.74, 6) is -0.387. The maximum atomic E-state index is 11.8. The molecular weight excluding hydrogens is 234 g/mol. The van der Waals surface area contributed by atoms with E-state index in [2.05, 4.69) is 4.98 Å². The van der Waals surface area contributed by atoms with Crippen LogP contribution in [-0.2, 0) is 16.1 Å². The number of hydrogen-bond donors (Lipinski definition) is 1. The van der Waals surface area contributed by atoms with Gasteiger partial charge in [0.25, 0.3) is 0 Å². The monoisotopic (exact) mass is 249 g/mol. The highest BCUT2D eigenvalue weighted by atomic mass is 16.5. The standard InChI is InChI=1S/C12H15N3O3/c1-18-12-8(3-2-4-14-12)6-15-7-9(11(13)17)5-10(15)16/h2-4,9H,5-7H2,1H3,(H2,13,17). The lowest BCUT2D eigenvalue weighted by Crippen LogP contribution is -2.28. The van der Waals surface area contributed by atoms with Crippen LogP contribution < -0.4 is 10.5 Å². The van der Waals surface area contributed by atoms with Gasteiger partial charge in [-0.25, -0.2) is 4.98 Å². The van der Waals surface area contributed by atoms with Crippen molar-refractivity contribution in [3.05, 3.63) is 23.9 Å². The van der Waals surface area contributed by atoms with Gasteiger partial charge in [0.15, 0.2) is 0 Å². The summed E-state index contributed by atoms with van der Waals surface area (Å²) in [5, 5.41) is 0.